The fourth-order valence-electron chi connectivity index (χ4n) is 2.26. The van der Waals surface area contributed by atoms with Crippen LogP contribution in [0.5, 0.6) is 5.75 Å². The van der Waals surface area contributed by atoms with Crippen molar-refractivity contribution in [1.82, 2.24) is 0 Å². The molecule has 2 rings (SSSR count). The Hall–Kier alpha value is -2.15. The van der Waals surface area contributed by atoms with Gasteiger partial charge in [0, 0.05) is 30.7 Å². The zero-order valence-electron chi connectivity index (χ0n) is 14.4. The van der Waals surface area contributed by atoms with Gasteiger partial charge in [-0.25, -0.2) is 13.6 Å². The van der Waals surface area contributed by atoms with Crippen molar-refractivity contribution in [2.24, 2.45) is 0 Å². The topological polar surface area (TPSA) is 65.7 Å². The van der Waals surface area contributed by atoms with Gasteiger partial charge in [0.15, 0.2) is 0 Å². The van der Waals surface area contributed by atoms with Crippen LogP contribution in [0.25, 0.3) is 11.0 Å². The normalized spacial score (nSPS) is 11.6. The van der Waals surface area contributed by atoms with Gasteiger partial charge in [0.2, 0.25) is 0 Å². The first-order valence-electron chi connectivity index (χ1n) is 8.12. The standard InChI is InChI=1S/C18H19ClF2O5/c1-3-15(22)25-9-7-18(20,21)6-8-24-12-4-5-13-11(2)16(19)17(23)26-14(13)10-12/h4-5,10H,3,6-9H2,1-2H3. The third-order valence-corrected chi connectivity index (χ3v) is 4.26. The molecular weight excluding hydrogens is 370 g/mol. The van der Waals surface area contributed by atoms with Crippen LogP contribution in [-0.4, -0.2) is 25.1 Å². The molecule has 0 aliphatic heterocycles. The molecule has 0 radical (unpaired) electrons. The van der Waals surface area contributed by atoms with E-state index in [-0.39, 0.29) is 30.2 Å². The lowest BCUT2D eigenvalue weighted by atomic mass is 10.1. The number of hydrogen-bond acceptors (Lipinski definition) is 5. The second-order valence-corrected chi connectivity index (χ2v) is 6.14. The second kappa shape index (κ2) is 8.49. The zero-order chi connectivity index (χ0) is 19.3. The Kier molecular flexibility index (Phi) is 6.58. The van der Waals surface area contributed by atoms with Gasteiger partial charge in [0.05, 0.1) is 13.2 Å². The SMILES string of the molecule is CCC(=O)OCCC(F)(F)CCOc1ccc2c(C)c(Cl)c(=O)oc2c1. The molecule has 0 bridgehead atoms. The highest BCUT2D eigenvalue weighted by molar-refractivity contribution is 6.31. The summed E-state index contributed by atoms with van der Waals surface area (Å²) in [5, 5.41) is 0.652. The molecule has 26 heavy (non-hydrogen) atoms. The van der Waals surface area contributed by atoms with Gasteiger partial charge in [0.25, 0.3) is 5.92 Å². The zero-order valence-corrected chi connectivity index (χ0v) is 15.2. The maximum Gasteiger partial charge on any atom is 0.355 e. The van der Waals surface area contributed by atoms with E-state index in [2.05, 4.69) is 4.74 Å². The number of carbonyl (C=O) groups excluding carboxylic acids is 1. The van der Waals surface area contributed by atoms with Gasteiger partial charge in [0.1, 0.15) is 16.4 Å². The van der Waals surface area contributed by atoms with E-state index in [9.17, 15) is 18.4 Å². The van der Waals surface area contributed by atoms with Crippen molar-refractivity contribution in [2.45, 2.75) is 39.0 Å². The average Bonchev–Trinajstić information content (AvgIpc) is 2.59. The molecular formula is C18H19ClF2O5. The number of fused-ring (bicyclic) bond motifs is 1. The van der Waals surface area contributed by atoms with Gasteiger partial charge in [-0.1, -0.05) is 18.5 Å². The van der Waals surface area contributed by atoms with Crippen molar-refractivity contribution < 1.29 is 27.5 Å². The molecule has 0 amide bonds. The molecule has 1 heterocycles. The number of esters is 1. The Balaban J connectivity index is 1.94. The van der Waals surface area contributed by atoms with Gasteiger partial charge in [-0.2, -0.15) is 0 Å². The van der Waals surface area contributed by atoms with E-state index in [1.165, 1.54) is 6.07 Å². The number of rotatable bonds is 8. The van der Waals surface area contributed by atoms with Crippen molar-refractivity contribution in [1.29, 1.82) is 0 Å². The van der Waals surface area contributed by atoms with E-state index in [4.69, 9.17) is 20.8 Å². The first-order chi connectivity index (χ1) is 12.2. The smallest absolute Gasteiger partial charge is 0.355 e. The lowest BCUT2D eigenvalue weighted by Crippen LogP contribution is -2.22. The first kappa shape index (κ1) is 20.2. The highest BCUT2D eigenvalue weighted by Crippen LogP contribution is 2.27. The monoisotopic (exact) mass is 388 g/mol. The van der Waals surface area contributed by atoms with E-state index in [0.717, 1.165) is 0 Å². The Morgan fingerprint density at radius 2 is 1.96 bits per heavy atom. The molecule has 1 aromatic heterocycles. The molecule has 2 aromatic rings. The highest BCUT2D eigenvalue weighted by Gasteiger charge is 2.29. The molecule has 142 valence electrons. The molecule has 0 fully saturated rings. The van der Waals surface area contributed by atoms with E-state index in [1.54, 1.807) is 26.0 Å². The van der Waals surface area contributed by atoms with Gasteiger partial charge < -0.3 is 13.9 Å². The van der Waals surface area contributed by atoms with Crippen LogP contribution in [-0.2, 0) is 9.53 Å². The number of carbonyl (C=O) groups is 1. The third kappa shape index (κ3) is 5.17. The molecule has 0 atom stereocenters. The van der Waals surface area contributed by atoms with Crippen molar-refractivity contribution in [2.75, 3.05) is 13.2 Å². The molecule has 0 unspecified atom stereocenters. The van der Waals surface area contributed by atoms with Crippen molar-refractivity contribution in [3.05, 3.63) is 39.2 Å². The number of halogens is 3. The van der Waals surface area contributed by atoms with Crippen LogP contribution >= 0.6 is 11.6 Å². The van der Waals surface area contributed by atoms with Crippen LogP contribution in [0.15, 0.2) is 27.4 Å². The first-order valence-corrected chi connectivity index (χ1v) is 8.50. The molecule has 0 aliphatic carbocycles. The Bertz CT molecular complexity index is 847. The summed E-state index contributed by atoms with van der Waals surface area (Å²) < 4.78 is 42.5. The van der Waals surface area contributed by atoms with Gasteiger partial charge in [-0.05, 0) is 24.6 Å². The Labute approximate surface area is 153 Å². The predicted molar refractivity (Wildman–Crippen MR) is 93.2 cm³/mol. The Morgan fingerprint density at radius 1 is 1.27 bits per heavy atom. The summed E-state index contributed by atoms with van der Waals surface area (Å²) >= 11 is 5.85. The minimum atomic E-state index is -3.01. The predicted octanol–water partition coefficient (Wildman–Crippen LogP) is 4.50. The molecule has 0 saturated carbocycles. The molecule has 1 aromatic carbocycles. The van der Waals surface area contributed by atoms with Crippen molar-refractivity contribution >= 4 is 28.5 Å². The van der Waals surface area contributed by atoms with E-state index in [0.29, 0.717) is 16.7 Å². The van der Waals surface area contributed by atoms with Gasteiger partial charge in [-0.3, -0.25) is 4.79 Å². The number of hydrogen-bond donors (Lipinski definition) is 0. The Morgan fingerprint density at radius 3 is 2.65 bits per heavy atom. The lowest BCUT2D eigenvalue weighted by Gasteiger charge is -2.16. The number of ether oxygens (including phenoxy) is 2. The number of aryl methyl sites for hydroxylation is 1. The maximum atomic E-state index is 13.7. The largest absolute Gasteiger partial charge is 0.493 e. The minimum Gasteiger partial charge on any atom is -0.493 e. The molecule has 0 N–H and O–H groups in total. The summed E-state index contributed by atoms with van der Waals surface area (Å²) in [6.07, 6.45) is -0.942. The van der Waals surface area contributed by atoms with E-state index < -0.39 is 30.4 Å². The fourth-order valence-corrected chi connectivity index (χ4v) is 2.40. The van der Waals surface area contributed by atoms with Gasteiger partial charge >= 0.3 is 11.6 Å². The third-order valence-electron chi connectivity index (χ3n) is 3.82. The summed E-state index contributed by atoms with van der Waals surface area (Å²) in [5.74, 6) is -3.22. The van der Waals surface area contributed by atoms with Crippen LogP contribution in [0.4, 0.5) is 8.78 Å². The maximum absolute atomic E-state index is 13.7. The minimum absolute atomic E-state index is 0.00887. The highest BCUT2D eigenvalue weighted by atomic mass is 35.5. The summed E-state index contributed by atoms with van der Waals surface area (Å²) in [4.78, 5) is 22.5. The van der Waals surface area contributed by atoms with Crippen molar-refractivity contribution in [3.63, 3.8) is 0 Å². The fraction of sp³-hybridized carbons (Fsp3) is 0.444. The molecule has 5 nitrogen and oxygen atoms in total. The van der Waals surface area contributed by atoms with E-state index >= 15 is 0 Å². The summed E-state index contributed by atoms with van der Waals surface area (Å²) in [5.41, 5.74) is 0.187. The van der Waals surface area contributed by atoms with E-state index in [1.807, 2.05) is 0 Å². The lowest BCUT2D eigenvalue weighted by molar-refractivity contribution is -0.145. The van der Waals surface area contributed by atoms with Crippen LogP contribution < -0.4 is 10.4 Å². The van der Waals surface area contributed by atoms with Crippen LogP contribution in [0.1, 0.15) is 31.7 Å². The molecule has 0 spiro atoms. The van der Waals surface area contributed by atoms with Crippen LogP contribution in [0.2, 0.25) is 5.02 Å². The summed E-state index contributed by atoms with van der Waals surface area (Å²) in [6, 6.07) is 4.70. The second-order valence-electron chi connectivity index (χ2n) is 5.76. The molecule has 0 aliphatic rings. The quantitative estimate of drug-likeness (QED) is 0.492. The average molecular weight is 389 g/mol. The molecule has 8 heteroatoms. The number of alkyl halides is 2. The summed E-state index contributed by atoms with van der Waals surface area (Å²) in [7, 11) is 0. The number of benzene rings is 1. The summed E-state index contributed by atoms with van der Waals surface area (Å²) in [6.45, 7) is 2.71. The van der Waals surface area contributed by atoms with Crippen LogP contribution in [0, 0.1) is 6.92 Å². The van der Waals surface area contributed by atoms with Crippen molar-refractivity contribution in [3.8, 4) is 5.75 Å². The van der Waals surface area contributed by atoms with Gasteiger partial charge in [-0.15, -0.1) is 0 Å². The molecule has 0 saturated heterocycles. The van der Waals surface area contributed by atoms with Crippen LogP contribution in [0.3, 0.4) is 0 Å².